The van der Waals surface area contributed by atoms with Gasteiger partial charge < -0.3 is 15.0 Å². The number of aliphatic hydroxyl groups excluding tert-OH is 1. The largest absolute Gasteiger partial charge is 0.395 e. The number of amides is 1. The van der Waals surface area contributed by atoms with Crippen LogP contribution in [0, 0.1) is 12.7 Å². The fourth-order valence-corrected chi connectivity index (χ4v) is 2.83. The van der Waals surface area contributed by atoms with E-state index in [4.69, 9.17) is 0 Å². The highest BCUT2D eigenvalue weighted by atomic mass is 19.1. The highest BCUT2D eigenvalue weighted by molar-refractivity contribution is 5.94. The topological polar surface area (TPSA) is 73.4 Å². The van der Waals surface area contributed by atoms with Gasteiger partial charge in [-0.1, -0.05) is 12.1 Å². The number of aryl methyl sites for hydroxylation is 1. The smallest absolute Gasteiger partial charge is 0.254 e. The summed E-state index contributed by atoms with van der Waals surface area (Å²) in [6, 6.07) is 12.7. The normalized spacial score (nSPS) is 10.9. The predicted molar refractivity (Wildman–Crippen MR) is 97.5 cm³/mol. The van der Waals surface area contributed by atoms with Crippen molar-refractivity contribution in [3.05, 3.63) is 81.4 Å². The van der Waals surface area contributed by atoms with E-state index in [-0.39, 0.29) is 31.2 Å². The van der Waals surface area contributed by atoms with E-state index in [1.165, 1.54) is 29.2 Å². The van der Waals surface area contributed by atoms with Crippen LogP contribution in [0.2, 0.25) is 0 Å². The van der Waals surface area contributed by atoms with Crippen LogP contribution in [0.25, 0.3) is 10.9 Å². The minimum Gasteiger partial charge on any atom is -0.395 e. The molecule has 1 amide bonds. The molecule has 5 nitrogen and oxygen atoms in total. The van der Waals surface area contributed by atoms with Crippen molar-refractivity contribution in [1.82, 2.24) is 9.88 Å². The van der Waals surface area contributed by atoms with Crippen LogP contribution in [0.5, 0.6) is 0 Å². The second kappa shape index (κ2) is 7.49. The van der Waals surface area contributed by atoms with Crippen LogP contribution in [0.1, 0.15) is 21.5 Å². The second-order valence-electron chi connectivity index (χ2n) is 6.17. The summed E-state index contributed by atoms with van der Waals surface area (Å²) >= 11 is 0. The number of hydrogen-bond acceptors (Lipinski definition) is 3. The third-order valence-corrected chi connectivity index (χ3v) is 4.19. The third kappa shape index (κ3) is 3.81. The maximum atomic E-state index is 13.1. The Morgan fingerprint density at radius 2 is 1.88 bits per heavy atom. The standard InChI is InChI=1S/C20H19FN2O3/c1-13-2-3-15-11-16(19(25)22-18(15)10-13)12-23(8-9-24)20(26)14-4-6-17(21)7-5-14/h2-7,10-11,24H,8-9,12H2,1H3,(H,22,25). The lowest BCUT2D eigenvalue weighted by Crippen LogP contribution is -2.35. The fourth-order valence-electron chi connectivity index (χ4n) is 2.83. The molecule has 0 fully saturated rings. The molecule has 0 bridgehead atoms. The second-order valence-corrected chi connectivity index (χ2v) is 6.17. The summed E-state index contributed by atoms with van der Waals surface area (Å²) < 4.78 is 13.1. The number of carbonyl (C=O) groups is 1. The van der Waals surface area contributed by atoms with Gasteiger partial charge in [0.1, 0.15) is 5.82 Å². The summed E-state index contributed by atoms with van der Waals surface area (Å²) in [5, 5.41) is 10.2. The third-order valence-electron chi connectivity index (χ3n) is 4.19. The number of aliphatic hydroxyl groups is 1. The van der Waals surface area contributed by atoms with Gasteiger partial charge in [0, 0.05) is 23.2 Å². The Morgan fingerprint density at radius 1 is 1.15 bits per heavy atom. The van der Waals surface area contributed by atoms with Crippen molar-refractivity contribution < 1.29 is 14.3 Å². The van der Waals surface area contributed by atoms with Crippen LogP contribution in [-0.2, 0) is 6.54 Å². The highest BCUT2D eigenvalue weighted by Crippen LogP contribution is 2.15. The van der Waals surface area contributed by atoms with E-state index in [0.29, 0.717) is 11.1 Å². The molecule has 0 saturated heterocycles. The molecule has 0 aliphatic rings. The van der Waals surface area contributed by atoms with Crippen LogP contribution in [-0.4, -0.2) is 34.0 Å². The molecule has 1 heterocycles. The summed E-state index contributed by atoms with van der Waals surface area (Å²) in [6.45, 7) is 1.82. The van der Waals surface area contributed by atoms with Gasteiger partial charge in [0.15, 0.2) is 0 Å². The molecule has 0 spiro atoms. The molecule has 6 heteroatoms. The zero-order chi connectivity index (χ0) is 18.7. The number of nitrogens with one attached hydrogen (secondary N) is 1. The first-order valence-electron chi connectivity index (χ1n) is 8.26. The van der Waals surface area contributed by atoms with E-state index in [2.05, 4.69) is 4.98 Å². The fraction of sp³-hybridized carbons (Fsp3) is 0.200. The van der Waals surface area contributed by atoms with Crippen LogP contribution in [0.4, 0.5) is 4.39 Å². The first kappa shape index (κ1) is 17.8. The molecular weight excluding hydrogens is 335 g/mol. The first-order chi connectivity index (χ1) is 12.5. The average molecular weight is 354 g/mol. The van der Waals surface area contributed by atoms with Gasteiger partial charge >= 0.3 is 0 Å². The number of nitrogens with zero attached hydrogens (tertiary/aromatic N) is 1. The molecule has 3 rings (SSSR count). The Balaban J connectivity index is 1.92. The molecule has 2 aromatic carbocycles. The number of fused-ring (bicyclic) bond motifs is 1. The van der Waals surface area contributed by atoms with E-state index < -0.39 is 5.82 Å². The minimum atomic E-state index is -0.434. The SMILES string of the molecule is Cc1ccc2cc(CN(CCO)C(=O)c3ccc(F)cc3)c(=O)[nH]c2c1. The molecule has 26 heavy (non-hydrogen) atoms. The van der Waals surface area contributed by atoms with Crippen molar-refractivity contribution >= 4 is 16.8 Å². The number of benzene rings is 2. The molecule has 0 saturated carbocycles. The van der Waals surface area contributed by atoms with Crippen molar-refractivity contribution in [2.75, 3.05) is 13.2 Å². The molecule has 0 unspecified atom stereocenters. The molecule has 2 N–H and O–H groups in total. The summed E-state index contributed by atoms with van der Waals surface area (Å²) in [6.07, 6.45) is 0. The van der Waals surface area contributed by atoms with Crippen molar-refractivity contribution in [2.45, 2.75) is 13.5 Å². The van der Waals surface area contributed by atoms with E-state index in [1.807, 2.05) is 25.1 Å². The van der Waals surface area contributed by atoms with Gasteiger partial charge in [0.05, 0.1) is 13.2 Å². The summed E-state index contributed by atoms with van der Waals surface area (Å²) in [5.41, 5.74) is 2.21. The number of rotatable bonds is 5. The van der Waals surface area contributed by atoms with Crippen molar-refractivity contribution in [2.24, 2.45) is 0 Å². The highest BCUT2D eigenvalue weighted by Gasteiger charge is 2.17. The lowest BCUT2D eigenvalue weighted by Gasteiger charge is -2.22. The van der Waals surface area contributed by atoms with E-state index in [9.17, 15) is 19.1 Å². The summed E-state index contributed by atoms with van der Waals surface area (Å²) in [5.74, 6) is -0.807. The van der Waals surface area contributed by atoms with Crippen molar-refractivity contribution in [3.63, 3.8) is 0 Å². The molecule has 134 valence electrons. The number of pyridine rings is 1. The molecule has 0 aliphatic carbocycles. The van der Waals surface area contributed by atoms with E-state index >= 15 is 0 Å². The summed E-state index contributed by atoms with van der Waals surface area (Å²) in [4.78, 5) is 29.2. The molecule has 0 aliphatic heterocycles. The number of H-pyrrole nitrogens is 1. The number of aromatic amines is 1. The molecular formula is C20H19FN2O3. The van der Waals surface area contributed by atoms with Crippen LogP contribution in [0.15, 0.2) is 53.3 Å². The Labute approximate surface area is 149 Å². The molecule has 1 aromatic heterocycles. The Bertz CT molecular complexity index is 996. The Morgan fingerprint density at radius 3 is 2.58 bits per heavy atom. The van der Waals surface area contributed by atoms with Gasteiger partial charge in [-0.05, 0) is 54.3 Å². The van der Waals surface area contributed by atoms with E-state index in [1.54, 1.807) is 6.07 Å². The predicted octanol–water partition coefficient (Wildman–Crippen LogP) is 2.61. The van der Waals surface area contributed by atoms with Crippen LogP contribution in [0.3, 0.4) is 0 Å². The molecule has 3 aromatic rings. The van der Waals surface area contributed by atoms with Crippen LogP contribution < -0.4 is 5.56 Å². The quantitative estimate of drug-likeness (QED) is 0.740. The van der Waals surface area contributed by atoms with Gasteiger partial charge in [0.25, 0.3) is 11.5 Å². The first-order valence-corrected chi connectivity index (χ1v) is 8.26. The Kier molecular flexibility index (Phi) is 5.14. The summed E-state index contributed by atoms with van der Waals surface area (Å²) in [7, 11) is 0. The zero-order valence-electron chi connectivity index (χ0n) is 14.3. The minimum absolute atomic E-state index is 0.0515. The number of halogens is 1. The maximum Gasteiger partial charge on any atom is 0.254 e. The van der Waals surface area contributed by atoms with Crippen molar-refractivity contribution in [1.29, 1.82) is 0 Å². The van der Waals surface area contributed by atoms with Crippen LogP contribution >= 0.6 is 0 Å². The maximum absolute atomic E-state index is 13.1. The van der Waals surface area contributed by atoms with Gasteiger partial charge in [-0.2, -0.15) is 0 Å². The van der Waals surface area contributed by atoms with Gasteiger partial charge in [-0.3, -0.25) is 9.59 Å². The Hall–Kier alpha value is -2.99. The zero-order valence-corrected chi connectivity index (χ0v) is 14.3. The average Bonchev–Trinajstić information content (AvgIpc) is 2.62. The number of hydrogen-bond donors (Lipinski definition) is 2. The van der Waals surface area contributed by atoms with E-state index in [0.717, 1.165) is 16.5 Å². The van der Waals surface area contributed by atoms with Crippen molar-refractivity contribution in [3.8, 4) is 0 Å². The van der Waals surface area contributed by atoms with Gasteiger partial charge in [0.2, 0.25) is 0 Å². The lowest BCUT2D eigenvalue weighted by molar-refractivity contribution is 0.0707. The lowest BCUT2D eigenvalue weighted by atomic mass is 10.1. The number of carbonyl (C=O) groups excluding carboxylic acids is 1. The monoisotopic (exact) mass is 354 g/mol. The van der Waals surface area contributed by atoms with Gasteiger partial charge in [-0.25, -0.2) is 4.39 Å². The van der Waals surface area contributed by atoms with Gasteiger partial charge in [-0.15, -0.1) is 0 Å². The molecule has 0 atom stereocenters. The number of aromatic nitrogens is 1. The molecule has 0 radical (unpaired) electrons.